The Bertz CT molecular complexity index is 179. The summed E-state index contributed by atoms with van der Waals surface area (Å²) in [4.78, 5) is 4.66. The van der Waals surface area contributed by atoms with Gasteiger partial charge in [0.05, 0.1) is 0 Å². The van der Waals surface area contributed by atoms with E-state index in [1.807, 2.05) is 6.08 Å². The van der Waals surface area contributed by atoms with Crippen molar-refractivity contribution in [3.05, 3.63) is 12.7 Å². The van der Waals surface area contributed by atoms with Crippen LogP contribution < -0.4 is 5.73 Å². The number of nitrogens with zero attached hydrogens (tertiary/aromatic N) is 2. The fraction of sp³-hybridized carbons (Fsp3) is 0.800. The minimum absolute atomic E-state index is 0.197. The molecular formula is C10H21N3. The van der Waals surface area contributed by atoms with Crippen LogP contribution in [0.4, 0.5) is 0 Å². The summed E-state index contributed by atoms with van der Waals surface area (Å²) in [5.41, 5.74) is 6.03. The first-order valence-corrected chi connectivity index (χ1v) is 4.85. The van der Waals surface area contributed by atoms with Gasteiger partial charge in [0.2, 0.25) is 0 Å². The second-order valence-electron chi connectivity index (χ2n) is 4.10. The highest BCUT2D eigenvalue weighted by atomic mass is 15.3. The predicted octanol–water partition coefficient (Wildman–Crippen LogP) is 0.137. The zero-order valence-electron chi connectivity index (χ0n) is 8.79. The number of likely N-dealkylation sites (tertiary alicyclic amines) is 1. The van der Waals surface area contributed by atoms with Gasteiger partial charge in [-0.1, -0.05) is 6.08 Å². The van der Waals surface area contributed by atoms with Gasteiger partial charge in [-0.05, 0) is 20.5 Å². The van der Waals surface area contributed by atoms with Gasteiger partial charge in [0.15, 0.2) is 0 Å². The zero-order chi connectivity index (χ0) is 9.90. The van der Waals surface area contributed by atoms with Gasteiger partial charge in [-0.3, -0.25) is 4.90 Å². The van der Waals surface area contributed by atoms with Crippen LogP contribution in [0.25, 0.3) is 0 Å². The molecule has 1 aliphatic rings. The average molecular weight is 183 g/mol. The highest BCUT2D eigenvalue weighted by Gasteiger charge is 2.38. The lowest BCUT2D eigenvalue weighted by Gasteiger charge is -2.35. The first kappa shape index (κ1) is 10.7. The number of rotatable bonds is 4. The fourth-order valence-corrected chi connectivity index (χ4v) is 1.99. The molecule has 0 aromatic heterocycles. The summed E-state index contributed by atoms with van der Waals surface area (Å²) in [5.74, 6) is 0. The lowest BCUT2D eigenvalue weighted by Crippen LogP contribution is -2.52. The molecule has 3 nitrogen and oxygen atoms in total. The summed E-state index contributed by atoms with van der Waals surface area (Å²) in [7, 11) is 4.23. The molecule has 0 saturated carbocycles. The molecule has 76 valence electrons. The first-order valence-electron chi connectivity index (χ1n) is 4.85. The van der Waals surface area contributed by atoms with Gasteiger partial charge in [-0.15, -0.1) is 6.58 Å². The van der Waals surface area contributed by atoms with E-state index in [9.17, 15) is 0 Å². The molecule has 0 bridgehead atoms. The van der Waals surface area contributed by atoms with Crippen LogP contribution in [0.3, 0.4) is 0 Å². The van der Waals surface area contributed by atoms with Crippen LogP contribution >= 0.6 is 0 Å². The summed E-state index contributed by atoms with van der Waals surface area (Å²) in [6.45, 7) is 7.69. The Balaban J connectivity index is 2.57. The van der Waals surface area contributed by atoms with Crippen molar-refractivity contribution in [3.63, 3.8) is 0 Å². The highest BCUT2D eigenvalue weighted by Crippen LogP contribution is 2.24. The molecule has 1 saturated heterocycles. The van der Waals surface area contributed by atoms with Crippen molar-refractivity contribution in [2.45, 2.75) is 12.0 Å². The first-order chi connectivity index (χ1) is 6.14. The Labute approximate surface area is 81.2 Å². The van der Waals surface area contributed by atoms with E-state index in [4.69, 9.17) is 5.73 Å². The van der Waals surface area contributed by atoms with Crippen LogP contribution in [-0.2, 0) is 0 Å². The van der Waals surface area contributed by atoms with Gasteiger partial charge in [0.25, 0.3) is 0 Å². The van der Waals surface area contributed by atoms with Crippen molar-refractivity contribution >= 4 is 0 Å². The van der Waals surface area contributed by atoms with Crippen LogP contribution in [0.1, 0.15) is 6.42 Å². The fourth-order valence-electron chi connectivity index (χ4n) is 1.99. The van der Waals surface area contributed by atoms with Gasteiger partial charge in [-0.2, -0.15) is 0 Å². The minimum atomic E-state index is 0.197. The van der Waals surface area contributed by atoms with Gasteiger partial charge in [0, 0.05) is 31.7 Å². The molecule has 1 atom stereocenters. The third-order valence-electron chi connectivity index (χ3n) is 3.13. The van der Waals surface area contributed by atoms with Gasteiger partial charge in [0.1, 0.15) is 0 Å². The summed E-state index contributed by atoms with van der Waals surface area (Å²) in [6, 6.07) is 0. The maximum absolute atomic E-state index is 5.83. The smallest absolute Gasteiger partial charge is 0.0464 e. The van der Waals surface area contributed by atoms with E-state index in [0.29, 0.717) is 0 Å². The summed E-state index contributed by atoms with van der Waals surface area (Å²) >= 11 is 0. The molecule has 1 unspecified atom stereocenters. The molecule has 0 radical (unpaired) electrons. The molecule has 0 spiro atoms. The predicted molar refractivity (Wildman–Crippen MR) is 56.7 cm³/mol. The van der Waals surface area contributed by atoms with E-state index in [-0.39, 0.29) is 5.54 Å². The molecule has 1 aliphatic heterocycles. The van der Waals surface area contributed by atoms with Crippen molar-refractivity contribution in [2.24, 2.45) is 5.73 Å². The minimum Gasteiger partial charge on any atom is -0.329 e. The normalized spacial score (nSPS) is 29.8. The summed E-state index contributed by atoms with van der Waals surface area (Å²) in [6.07, 6.45) is 3.13. The largest absolute Gasteiger partial charge is 0.329 e. The number of hydrogen-bond donors (Lipinski definition) is 1. The molecule has 1 fully saturated rings. The molecule has 3 heteroatoms. The Hall–Kier alpha value is -0.380. The Morgan fingerprint density at radius 1 is 1.62 bits per heavy atom. The molecule has 0 aromatic rings. The Kier molecular flexibility index (Phi) is 3.47. The maximum atomic E-state index is 5.83. The van der Waals surface area contributed by atoms with E-state index in [1.165, 1.54) is 6.42 Å². The lowest BCUT2D eigenvalue weighted by molar-refractivity contribution is 0.164. The lowest BCUT2D eigenvalue weighted by atomic mass is 9.97. The summed E-state index contributed by atoms with van der Waals surface area (Å²) in [5, 5.41) is 0. The van der Waals surface area contributed by atoms with Gasteiger partial charge >= 0.3 is 0 Å². The third-order valence-corrected chi connectivity index (χ3v) is 3.13. The van der Waals surface area contributed by atoms with E-state index >= 15 is 0 Å². The Morgan fingerprint density at radius 2 is 2.31 bits per heavy atom. The number of likely N-dealkylation sites (N-methyl/N-ethyl adjacent to an activating group) is 1. The van der Waals surface area contributed by atoms with Crippen molar-refractivity contribution in [1.29, 1.82) is 0 Å². The van der Waals surface area contributed by atoms with Gasteiger partial charge < -0.3 is 10.6 Å². The number of nitrogens with two attached hydrogens (primary N) is 1. The van der Waals surface area contributed by atoms with E-state index in [1.54, 1.807) is 0 Å². The quantitative estimate of drug-likeness (QED) is 0.629. The topological polar surface area (TPSA) is 32.5 Å². The monoisotopic (exact) mass is 183 g/mol. The van der Waals surface area contributed by atoms with Crippen molar-refractivity contribution < 1.29 is 0 Å². The molecule has 0 aromatic carbocycles. The van der Waals surface area contributed by atoms with Crippen molar-refractivity contribution in [1.82, 2.24) is 9.80 Å². The van der Waals surface area contributed by atoms with Crippen molar-refractivity contribution in [2.75, 3.05) is 40.3 Å². The zero-order valence-corrected chi connectivity index (χ0v) is 8.79. The molecule has 13 heavy (non-hydrogen) atoms. The summed E-state index contributed by atoms with van der Waals surface area (Å²) < 4.78 is 0. The molecular weight excluding hydrogens is 162 g/mol. The van der Waals surface area contributed by atoms with Crippen molar-refractivity contribution in [3.8, 4) is 0 Å². The standard InChI is InChI=1S/C10H21N3/c1-4-6-13-7-5-10(8-11,9-13)12(2)3/h4H,1,5-9,11H2,2-3H3. The highest BCUT2D eigenvalue weighted by molar-refractivity contribution is 4.99. The third kappa shape index (κ3) is 2.10. The molecule has 1 heterocycles. The Morgan fingerprint density at radius 3 is 2.69 bits per heavy atom. The van der Waals surface area contributed by atoms with Crippen LogP contribution in [0, 0.1) is 0 Å². The van der Waals surface area contributed by atoms with Crippen LogP contribution in [0.15, 0.2) is 12.7 Å². The van der Waals surface area contributed by atoms with E-state index in [2.05, 4.69) is 30.5 Å². The van der Waals surface area contributed by atoms with Crippen LogP contribution in [0.5, 0.6) is 0 Å². The molecule has 0 aliphatic carbocycles. The van der Waals surface area contributed by atoms with Crippen LogP contribution in [-0.4, -0.2) is 55.6 Å². The molecule has 0 amide bonds. The maximum Gasteiger partial charge on any atom is 0.0464 e. The molecule has 1 rings (SSSR count). The second-order valence-corrected chi connectivity index (χ2v) is 4.10. The van der Waals surface area contributed by atoms with Crippen LogP contribution in [0.2, 0.25) is 0 Å². The average Bonchev–Trinajstić information content (AvgIpc) is 2.50. The second kappa shape index (κ2) is 4.22. The molecule has 2 N–H and O–H groups in total. The van der Waals surface area contributed by atoms with Gasteiger partial charge in [-0.25, -0.2) is 0 Å². The SMILES string of the molecule is C=CCN1CCC(CN)(N(C)C)C1. The van der Waals surface area contributed by atoms with E-state index < -0.39 is 0 Å². The number of hydrogen-bond acceptors (Lipinski definition) is 3. The van der Waals surface area contributed by atoms with E-state index in [0.717, 1.165) is 26.2 Å².